The maximum Gasteiger partial charge on any atom is 0.413 e. The van der Waals surface area contributed by atoms with Crippen LogP contribution in [-0.2, 0) is 25.5 Å². The molecule has 0 aliphatic heterocycles. The van der Waals surface area contributed by atoms with Crippen molar-refractivity contribution < 1.29 is 23.9 Å². The molecule has 1 atom stereocenters. The van der Waals surface area contributed by atoms with Crippen LogP contribution in [0.3, 0.4) is 0 Å². The number of ether oxygens (including phenoxy) is 2. The molecule has 1 aromatic rings. The van der Waals surface area contributed by atoms with Crippen molar-refractivity contribution in [3.05, 3.63) is 23.9 Å². The van der Waals surface area contributed by atoms with Gasteiger partial charge in [-0.3, -0.25) is 5.32 Å². The lowest BCUT2D eigenvalue weighted by molar-refractivity contribution is -0.160. The molecular formula is C19H27N3O5. The molecule has 1 N–H and O–H groups in total. The van der Waals surface area contributed by atoms with Crippen molar-refractivity contribution in [2.45, 2.75) is 71.6 Å². The van der Waals surface area contributed by atoms with Gasteiger partial charge in [-0.15, -0.1) is 0 Å². The zero-order valence-corrected chi connectivity index (χ0v) is 16.9. The first kappa shape index (κ1) is 22.3. The molecule has 0 radical (unpaired) electrons. The summed E-state index contributed by atoms with van der Waals surface area (Å²) >= 11 is 0. The van der Waals surface area contributed by atoms with Crippen LogP contribution >= 0.6 is 0 Å². The molecule has 0 bridgehead atoms. The highest BCUT2D eigenvalue weighted by molar-refractivity contribution is 5.84. The number of pyridine rings is 1. The van der Waals surface area contributed by atoms with Crippen LogP contribution in [0.4, 0.5) is 10.6 Å². The van der Waals surface area contributed by atoms with Gasteiger partial charge in [-0.05, 0) is 60.1 Å². The maximum atomic E-state index is 12.4. The van der Waals surface area contributed by atoms with Crippen molar-refractivity contribution in [1.82, 2.24) is 4.98 Å². The zero-order chi connectivity index (χ0) is 20.9. The minimum Gasteiger partial charge on any atom is -0.458 e. The number of aromatic nitrogens is 1. The molecule has 0 aromatic carbocycles. The molecule has 1 aromatic heterocycles. The molecule has 1 rings (SSSR count). The fraction of sp³-hybridized carbons (Fsp3) is 0.579. The first-order valence-electron chi connectivity index (χ1n) is 8.51. The molecule has 0 fully saturated rings. The van der Waals surface area contributed by atoms with Gasteiger partial charge in [0.1, 0.15) is 17.0 Å². The van der Waals surface area contributed by atoms with Crippen LogP contribution < -0.4 is 5.32 Å². The largest absolute Gasteiger partial charge is 0.458 e. The molecule has 8 nitrogen and oxygen atoms in total. The number of hydrogen-bond acceptors (Lipinski definition) is 7. The lowest BCUT2D eigenvalue weighted by Gasteiger charge is -2.27. The van der Waals surface area contributed by atoms with E-state index in [4.69, 9.17) is 9.47 Å². The van der Waals surface area contributed by atoms with Gasteiger partial charge in [0.05, 0.1) is 0 Å². The smallest absolute Gasteiger partial charge is 0.413 e. The quantitative estimate of drug-likeness (QED) is 0.479. The molecule has 1 amide bonds. The normalized spacial score (nSPS) is 13.7. The number of hydrogen-bond donors (Lipinski definition) is 1. The third-order valence-corrected chi connectivity index (χ3v) is 3.13. The SMILES string of the molecule is CC(C)(C)OC(=O)Nc1ccc(C[C@](C)(N=C=O)C(=O)OC(C)(C)C)cn1. The van der Waals surface area contributed by atoms with E-state index in [0.29, 0.717) is 11.4 Å². The molecule has 0 saturated heterocycles. The van der Waals surface area contributed by atoms with E-state index in [1.165, 1.54) is 19.2 Å². The van der Waals surface area contributed by atoms with Gasteiger partial charge in [-0.2, -0.15) is 4.99 Å². The highest BCUT2D eigenvalue weighted by Gasteiger charge is 2.37. The Bertz CT molecular complexity index is 725. The highest BCUT2D eigenvalue weighted by Crippen LogP contribution is 2.23. The van der Waals surface area contributed by atoms with E-state index in [1.54, 1.807) is 53.7 Å². The fourth-order valence-electron chi connectivity index (χ4n) is 2.05. The zero-order valence-electron chi connectivity index (χ0n) is 16.9. The van der Waals surface area contributed by atoms with Gasteiger partial charge in [0, 0.05) is 12.6 Å². The van der Waals surface area contributed by atoms with Crippen LogP contribution in [0.15, 0.2) is 23.3 Å². The molecule has 27 heavy (non-hydrogen) atoms. The summed E-state index contributed by atoms with van der Waals surface area (Å²) in [5, 5.41) is 2.52. The Balaban J connectivity index is 2.88. The van der Waals surface area contributed by atoms with Crippen LogP contribution in [0.1, 0.15) is 54.0 Å². The molecule has 0 spiro atoms. The Labute approximate surface area is 159 Å². The Kier molecular flexibility index (Phi) is 6.87. The van der Waals surface area contributed by atoms with Gasteiger partial charge in [0.2, 0.25) is 6.08 Å². The summed E-state index contributed by atoms with van der Waals surface area (Å²) in [5.41, 5.74) is -2.11. The van der Waals surface area contributed by atoms with E-state index in [-0.39, 0.29) is 6.42 Å². The molecule has 1 heterocycles. The summed E-state index contributed by atoms with van der Waals surface area (Å²) in [6.45, 7) is 12.0. The van der Waals surface area contributed by atoms with Crippen molar-refractivity contribution in [1.29, 1.82) is 0 Å². The predicted octanol–water partition coefficient (Wildman–Crippen LogP) is 3.41. The first-order valence-corrected chi connectivity index (χ1v) is 8.51. The first-order chi connectivity index (χ1) is 12.2. The Morgan fingerprint density at radius 1 is 1.07 bits per heavy atom. The summed E-state index contributed by atoms with van der Waals surface area (Å²) < 4.78 is 10.5. The van der Waals surface area contributed by atoms with Crippen LogP contribution in [-0.4, -0.2) is 39.9 Å². The number of nitrogens with one attached hydrogen (secondary N) is 1. The van der Waals surface area contributed by atoms with Gasteiger partial charge in [-0.1, -0.05) is 6.07 Å². The third kappa shape index (κ3) is 8.00. The number of aliphatic imine (C=N–C) groups is 1. The van der Waals surface area contributed by atoms with Crippen LogP contribution in [0.25, 0.3) is 0 Å². The van der Waals surface area contributed by atoms with Crippen molar-refractivity contribution in [2.75, 3.05) is 5.32 Å². The molecule has 0 unspecified atom stereocenters. The van der Waals surface area contributed by atoms with E-state index in [9.17, 15) is 14.4 Å². The van der Waals surface area contributed by atoms with E-state index in [2.05, 4.69) is 15.3 Å². The second-order valence-electron chi connectivity index (χ2n) is 8.33. The third-order valence-electron chi connectivity index (χ3n) is 3.13. The average Bonchev–Trinajstić information content (AvgIpc) is 2.45. The van der Waals surface area contributed by atoms with Crippen LogP contribution in [0.5, 0.6) is 0 Å². The Hall–Kier alpha value is -2.73. The number of amides is 1. The second kappa shape index (κ2) is 8.31. The Morgan fingerprint density at radius 3 is 2.11 bits per heavy atom. The second-order valence-corrected chi connectivity index (χ2v) is 8.33. The summed E-state index contributed by atoms with van der Waals surface area (Å²) in [7, 11) is 0. The minimum atomic E-state index is -1.42. The summed E-state index contributed by atoms with van der Waals surface area (Å²) in [4.78, 5) is 42.8. The fourth-order valence-corrected chi connectivity index (χ4v) is 2.05. The molecule has 0 saturated carbocycles. The van der Waals surface area contributed by atoms with Gasteiger partial charge in [-0.25, -0.2) is 19.4 Å². The lowest BCUT2D eigenvalue weighted by Crippen LogP contribution is -2.41. The number of rotatable bonds is 5. The van der Waals surface area contributed by atoms with Crippen molar-refractivity contribution in [3.8, 4) is 0 Å². The van der Waals surface area contributed by atoms with Crippen LogP contribution in [0, 0.1) is 0 Å². The molecule has 0 aliphatic carbocycles. The number of esters is 1. The van der Waals surface area contributed by atoms with Gasteiger partial charge >= 0.3 is 12.1 Å². The van der Waals surface area contributed by atoms with E-state index in [1.807, 2.05) is 0 Å². The van der Waals surface area contributed by atoms with Crippen molar-refractivity contribution in [2.24, 2.45) is 4.99 Å². The summed E-state index contributed by atoms with van der Waals surface area (Å²) in [6, 6.07) is 3.24. The molecule has 0 aliphatic rings. The molecule has 8 heteroatoms. The minimum absolute atomic E-state index is 0.0941. The van der Waals surface area contributed by atoms with Crippen LogP contribution in [0.2, 0.25) is 0 Å². The lowest BCUT2D eigenvalue weighted by atomic mass is 9.94. The van der Waals surface area contributed by atoms with Crippen molar-refractivity contribution >= 4 is 24.0 Å². The standard InChI is InChI=1S/C19H27N3O5/c1-17(2,3)26-15(24)19(7,21-12-23)10-13-8-9-14(20-11-13)22-16(25)27-18(4,5)6/h8-9,11H,10H2,1-7H3,(H,20,22,25)/t19-/m0/s1. The van der Waals surface area contributed by atoms with Crippen molar-refractivity contribution in [3.63, 3.8) is 0 Å². The van der Waals surface area contributed by atoms with Gasteiger partial charge in [0.15, 0.2) is 5.54 Å². The predicted molar refractivity (Wildman–Crippen MR) is 100 cm³/mol. The number of nitrogens with zero attached hydrogens (tertiary/aromatic N) is 2. The van der Waals surface area contributed by atoms with Gasteiger partial charge < -0.3 is 9.47 Å². The molecular weight excluding hydrogens is 350 g/mol. The number of anilines is 1. The summed E-state index contributed by atoms with van der Waals surface area (Å²) in [5.74, 6) is -0.333. The average molecular weight is 377 g/mol. The maximum absolute atomic E-state index is 12.4. The Morgan fingerprint density at radius 2 is 1.67 bits per heavy atom. The summed E-state index contributed by atoms with van der Waals surface area (Å²) in [6.07, 6.45) is 2.39. The number of carbonyl (C=O) groups excluding carboxylic acids is 3. The molecule has 148 valence electrons. The topological polar surface area (TPSA) is 107 Å². The number of isocyanates is 1. The van der Waals surface area contributed by atoms with E-state index < -0.39 is 28.8 Å². The monoisotopic (exact) mass is 377 g/mol. The number of carbonyl (C=O) groups is 2. The highest BCUT2D eigenvalue weighted by atomic mass is 16.6. The van der Waals surface area contributed by atoms with E-state index in [0.717, 1.165) is 0 Å². The van der Waals surface area contributed by atoms with Gasteiger partial charge in [0.25, 0.3) is 0 Å². The van der Waals surface area contributed by atoms with E-state index >= 15 is 0 Å².